The summed E-state index contributed by atoms with van der Waals surface area (Å²) in [5.74, 6) is -0.210. The zero-order chi connectivity index (χ0) is 14.5. The topological polar surface area (TPSA) is 30.0 Å². The molecule has 0 spiro atoms. The number of nitrogens with zero attached hydrogens (tertiary/aromatic N) is 1. The third kappa shape index (κ3) is 3.38. The summed E-state index contributed by atoms with van der Waals surface area (Å²) < 4.78 is 0. The minimum absolute atomic E-state index is 0.0455. The second-order valence-electron chi connectivity index (χ2n) is 4.61. The van der Waals surface area contributed by atoms with Gasteiger partial charge in [-0.2, -0.15) is 0 Å². The number of carbonyl (C=O) groups excluding carboxylic acids is 1. The van der Waals surface area contributed by atoms with E-state index in [0.717, 1.165) is 18.4 Å². The third-order valence-corrected chi connectivity index (χ3v) is 3.74. The van der Waals surface area contributed by atoms with Gasteiger partial charge in [-0.25, -0.2) is 0 Å². The van der Waals surface area contributed by atoms with E-state index in [0.29, 0.717) is 15.6 Å². The summed E-state index contributed by atoms with van der Waals surface area (Å²) in [6.07, 6.45) is 4.89. The van der Waals surface area contributed by atoms with Crippen molar-refractivity contribution in [3.05, 3.63) is 63.9 Å². The lowest BCUT2D eigenvalue weighted by Crippen LogP contribution is -2.13. The highest BCUT2D eigenvalue weighted by molar-refractivity contribution is 6.35. The molecule has 0 aliphatic carbocycles. The second kappa shape index (κ2) is 6.87. The van der Waals surface area contributed by atoms with E-state index in [1.54, 1.807) is 36.7 Å². The Bertz CT molecular complexity index is 599. The Labute approximate surface area is 128 Å². The Kier molecular flexibility index (Phi) is 5.16. The molecule has 0 fully saturated rings. The van der Waals surface area contributed by atoms with Crippen LogP contribution >= 0.6 is 23.2 Å². The Morgan fingerprint density at radius 2 is 2.10 bits per heavy atom. The van der Waals surface area contributed by atoms with Gasteiger partial charge in [0.2, 0.25) is 0 Å². The molecule has 0 amide bonds. The average molecular weight is 308 g/mol. The van der Waals surface area contributed by atoms with E-state index < -0.39 is 0 Å². The number of Topliss-reactive ketones (excluding diaryl/α,β-unsaturated/α-hetero) is 1. The summed E-state index contributed by atoms with van der Waals surface area (Å²) in [7, 11) is 0. The van der Waals surface area contributed by atoms with Gasteiger partial charge in [0, 0.05) is 33.9 Å². The van der Waals surface area contributed by atoms with Gasteiger partial charge in [-0.3, -0.25) is 9.78 Å². The fourth-order valence-electron chi connectivity index (χ4n) is 2.21. The molecule has 20 heavy (non-hydrogen) atoms. The summed E-state index contributed by atoms with van der Waals surface area (Å²) in [6, 6.07) is 8.82. The molecule has 0 saturated heterocycles. The minimum atomic E-state index is -0.256. The highest BCUT2D eigenvalue weighted by Gasteiger charge is 2.23. The minimum Gasteiger partial charge on any atom is -0.293 e. The first-order valence-electron chi connectivity index (χ1n) is 6.52. The third-order valence-electron chi connectivity index (χ3n) is 3.18. The second-order valence-corrected chi connectivity index (χ2v) is 5.46. The van der Waals surface area contributed by atoms with Gasteiger partial charge in [0.1, 0.15) is 0 Å². The van der Waals surface area contributed by atoms with E-state index in [4.69, 9.17) is 23.2 Å². The monoisotopic (exact) mass is 307 g/mol. The SMILES string of the molecule is CCCC(C(=O)c1cccnc1)c1ccc(Cl)cc1Cl. The molecule has 1 atom stereocenters. The molecule has 1 heterocycles. The van der Waals surface area contributed by atoms with Crippen LogP contribution in [0.1, 0.15) is 41.6 Å². The molecule has 0 saturated carbocycles. The zero-order valence-electron chi connectivity index (χ0n) is 11.1. The Morgan fingerprint density at radius 3 is 2.70 bits per heavy atom. The molecular formula is C16H15Cl2NO. The van der Waals surface area contributed by atoms with Gasteiger partial charge in [0.05, 0.1) is 0 Å². The molecule has 104 valence electrons. The maximum atomic E-state index is 12.6. The molecule has 0 bridgehead atoms. The van der Waals surface area contributed by atoms with Crippen molar-refractivity contribution in [3.63, 3.8) is 0 Å². The van der Waals surface area contributed by atoms with Gasteiger partial charge < -0.3 is 0 Å². The molecule has 0 aliphatic heterocycles. The number of ketones is 1. The number of benzene rings is 1. The molecule has 1 aromatic carbocycles. The molecule has 4 heteroatoms. The van der Waals surface area contributed by atoms with Crippen LogP contribution in [0.4, 0.5) is 0 Å². The normalized spacial score (nSPS) is 12.2. The van der Waals surface area contributed by atoms with Gasteiger partial charge in [-0.1, -0.05) is 42.6 Å². The fraction of sp³-hybridized carbons (Fsp3) is 0.250. The van der Waals surface area contributed by atoms with Gasteiger partial charge in [0.15, 0.2) is 5.78 Å². The van der Waals surface area contributed by atoms with Crippen molar-refractivity contribution in [2.45, 2.75) is 25.7 Å². The average Bonchev–Trinajstić information content (AvgIpc) is 2.46. The summed E-state index contributed by atoms with van der Waals surface area (Å²) in [6.45, 7) is 2.05. The fourth-order valence-corrected chi connectivity index (χ4v) is 2.75. The largest absolute Gasteiger partial charge is 0.293 e. The van der Waals surface area contributed by atoms with Crippen LogP contribution in [0, 0.1) is 0 Å². The first kappa shape index (κ1) is 15.0. The quantitative estimate of drug-likeness (QED) is 0.715. The molecular weight excluding hydrogens is 293 g/mol. The highest BCUT2D eigenvalue weighted by Crippen LogP contribution is 2.32. The molecule has 0 radical (unpaired) electrons. The number of halogens is 2. The van der Waals surface area contributed by atoms with Crippen molar-refractivity contribution in [1.82, 2.24) is 4.98 Å². The maximum Gasteiger partial charge on any atom is 0.171 e. The van der Waals surface area contributed by atoms with Crippen molar-refractivity contribution < 1.29 is 4.79 Å². The van der Waals surface area contributed by atoms with Crippen LogP contribution in [0.3, 0.4) is 0 Å². The van der Waals surface area contributed by atoms with Crippen molar-refractivity contribution in [3.8, 4) is 0 Å². The van der Waals surface area contributed by atoms with Gasteiger partial charge in [-0.15, -0.1) is 0 Å². The lowest BCUT2D eigenvalue weighted by molar-refractivity contribution is 0.0954. The molecule has 2 nitrogen and oxygen atoms in total. The summed E-state index contributed by atoms with van der Waals surface area (Å²) in [5, 5.41) is 1.11. The lowest BCUT2D eigenvalue weighted by atomic mass is 9.87. The van der Waals surface area contributed by atoms with E-state index >= 15 is 0 Å². The molecule has 0 N–H and O–H groups in total. The molecule has 2 aromatic rings. The van der Waals surface area contributed by atoms with E-state index in [2.05, 4.69) is 4.98 Å². The highest BCUT2D eigenvalue weighted by atomic mass is 35.5. The zero-order valence-corrected chi connectivity index (χ0v) is 12.7. The summed E-state index contributed by atoms with van der Waals surface area (Å²) >= 11 is 12.2. The molecule has 1 aromatic heterocycles. The first-order chi connectivity index (χ1) is 9.63. The van der Waals surface area contributed by atoms with Gasteiger partial charge >= 0.3 is 0 Å². The van der Waals surface area contributed by atoms with E-state index in [-0.39, 0.29) is 11.7 Å². The van der Waals surface area contributed by atoms with Crippen LogP contribution in [0.25, 0.3) is 0 Å². The van der Waals surface area contributed by atoms with E-state index in [9.17, 15) is 4.79 Å². The van der Waals surface area contributed by atoms with E-state index in [1.165, 1.54) is 0 Å². The van der Waals surface area contributed by atoms with Crippen LogP contribution in [0.15, 0.2) is 42.7 Å². The van der Waals surface area contributed by atoms with Crippen molar-refractivity contribution in [2.24, 2.45) is 0 Å². The van der Waals surface area contributed by atoms with Crippen molar-refractivity contribution in [1.29, 1.82) is 0 Å². The number of carbonyl (C=O) groups is 1. The molecule has 2 rings (SSSR count). The Hall–Kier alpha value is -1.38. The molecule has 0 aliphatic rings. The van der Waals surface area contributed by atoms with Gasteiger partial charge in [0.25, 0.3) is 0 Å². The van der Waals surface area contributed by atoms with Crippen LogP contribution in [-0.2, 0) is 0 Å². The van der Waals surface area contributed by atoms with Crippen LogP contribution < -0.4 is 0 Å². The standard InChI is InChI=1S/C16H15Cl2NO/c1-2-4-14(13-7-6-12(17)9-15(13)18)16(20)11-5-3-8-19-10-11/h3,5-10,14H,2,4H2,1H3. The number of rotatable bonds is 5. The predicted molar refractivity (Wildman–Crippen MR) is 82.7 cm³/mol. The summed E-state index contributed by atoms with van der Waals surface area (Å²) in [4.78, 5) is 16.6. The first-order valence-corrected chi connectivity index (χ1v) is 7.28. The maximum absolute atomic E-state index is 12.6. The number of hydrogen-bond donors (Lipinski definition) is 0. The predicted octanol–water partition coefficient (Wildman–Crippen LogP) is 5.16. The van der Waals surface area contributed by atoms with Crippen molar-refractivity contribution in [2.75, 3.05) is 0 Å². The van der Waals surface area contributed by atoms with Crippen LogP contribution in [-0.4, -0.2) is 10.8 Å². The lowest BCUT2D eigenvalue weighted by Gasteiger charge is -2.17. The van der Waals surface area contributed by atoms with Gasteiger partial charge in [-0.05, 0) is 36.2 Å². The smallest absolute Gasteiger partial charge is 0.171 e. The summed E-state index contributed by atoms with van der Waals surface area (Å²) in [5.41, 5.74) is 1.43. The Balaban J connectivity index is 2.38. The van der Waals surface area contributed by atoms with Crippen molar-refractivity contribution >= 4 is 29.0 Å². The number of hydrogen-bond acceptors (Lipinski definition) is 2. The van der Waals surface area contributed by atoms with E-state index in [1.807, 2.05) is 13.0 Å². The Morgan fingerprint density at radius 1 is 1.30 bits per heavy atom. The number of aromatic nitrogens is 1. The van der Waals surface area contributed by atoms with Crippen LogP contribution in [0.2, 0.25) is 10.0 Å². The number of pyridine rings is 1. The van der Waals surface area contributed by atoms with Crippen LogP contribution in [0.5, 0.6) is 0 Å². The molecule has 1 unspecified atom stereocenters.